The van der Waals surface area contributed by atoms with E-state index in [1.807, 2.05) is 34.1 Å². The lowest BCUT2D eigenvalue weighted by Gasteiger charge is -2.32. The van der Waals surface area contributed by atoms with Crippen LogP contribution in [0, 0.1) is 12.8 Å². The average molecular weight is 405 g/mol. The summed E-state index contributed by atoms with van der Waals surface area (Å²) in [5.74, 6) is 1.05. The summed E-state index contributed by atoms with van der Waals surface area (Å²) in [6, 6.07) is 16.7. The summed E-state index contributed by atoms with van der Waals surface area (Å²) >= 11 is 0. The lowest BCUT2D eigenvalue weighted by Crippen LogP contribution is -2.38. The van der Waals surface area contributed by atoms with E-state index < -0.39 is 0 Å². The van der Waals surface area contributed by atoms with Crippen LogP contribution in [0.15, 0.2) is 48.5 Å². The Bertz CT molecular complexity index is 882. The van der Waals surface area contributed by atoms with Gasteiger partial charge in [-0.15, -0.1) is 0 Å². The first-order chi connectivity index (χ1) is 14.6. The van der Waals surface area contributed by atoms with Gasteiger partial charge in [0.25, 0.3) is 5.91 Å². The minimum Gasteiger partial charge on any atom is -0.339 e. The van der Waals surface area contributed by atoms with Gasteiger partial charge in [-0.2, -0.15) is 0 Å². The fraction of sp³-hybridized carbons (Fsp3) is 0.462. The largest absolute Gasteiger partial charge is 0.339 e. The Morgan fingerprint density at radius 1 is 1.00 bits per heavy atom. The van der Waals surface area contributed by atoms with Gasteiger partial charge in [0.15, 0.2) is 0 Å². The zero-order valence-electron chi connectivity index (χ0n) is 18.0. The number of amides is 2. The fourth-order valence-electron chi connectivity index (χ4n) is 4.63. The van der Waals surface area contributed by atoms with Crippen LogP contribution in [0.3, 0.4) is 0 Å². The smallest absolute Gasteiger partial charge is 0.253 e. The van der Waals surface area contributed by atoms with Crippen molar-refractivity contribution in [3.05, 3.63) is 70.8 Å². The first kappa shape index (κ1) is 20.6. The maximum Gasteiger partial charge on any atom is 0.253 e. The minimum atomic E-state index is 0.126. The molecule has 0 radical (unpaired) electrons. The lowest BCUT2D eigenvalue weighted by atomic mass is 9.90. The van der Waals surface area contributed by atoms with Gasteiger partial charge in [-0.1, -0.05) is 42.0 Å². The summed E-state index contributed by atoms with van der Waals surface area (Å²) in [6.45, 7) is 5.24. The number of hydrogen-bond acceptors (Lipinski definition) is 2. The lowest BCUT2D eigenvalue weighted by molar-refractivity contribution is -0.128. The number of hydrogen-bond donors (Lipinski definition) is 0. The molecule has 4 rings (SSSR count). The quantitative estimate of drug-likeness (QED) is 0.706. The highest BCUT2D eigenvalue weighted by Gasteiger charge is 2.24. The molecule has 0 spiro atoms. The molecule has 2 aromatic rings. The number of carbonyl (C=O) groups excluding carboxylic acids is 2. The van der Waals surface area contributed by atoms with Gasteiger partial charge in [-0.05, 0) is 68.2 Å². The van der Waals surface area contributed by atoms with E-state index in [9.17, 15) is 9.59 Å². The maximum absolute atomic E-state index is 13.0. The van der Waals surface area contributed by atoms with Gasteiger partial charge in [0, 0.05) is 38.2 Å². The molecule has 4 heteroatoms. The van der Waals surface area contributed by atoms with Crippen molar-refractivity contribution in [1.82, 2.24) is 9.80 Å². The summed E-state index contributed by atoms with van der Waals surface area (Å²) in [4.78, 5) is 28.8. The molecule has 2 amide bonds. The van der Waals surface area contributed by atoms with E-state index >= 15 is 0 Å². The number of piperidine rings is 1. The maximum atomic E-state index is 13.0. The molecule has 30 heavy (non-hydrogen) atoms. The van der Waals surface area contributed by atoms with E-state index in [0.29, 0.717) is 18.9 Å². The average Bonchev–Trinajstić information content (AvgIpc) is 3.18. The summed E-state index contributed by atoms with van der Waals surface area (Å²) < 4.78 is 0. The fourth-order valence-corrected chi connectivity index (χ4v) is 4.63. The molecule has 0 bridgehead atoms. The molecular weight excluding hydrogens is 372 g/mol. The molecule has 2 saturated heterocycles. The zero-order valence-corrected chi connectivity index (χ0v) is 18.0. The van der Waals surface area contributed by atoms with Gasteiger partial charge >= 0.3 is 0 Å². The van der Waals surface area contributed by atoms with Gasteiger partial charge in [0.05, 0.1) is 0 Å². The third kappa shape index (κ3) is 5.10. The number of benzene rings is 2. The molecular formula is C26H32N2O2. The highest BCUT2D eigenvalue weighted by molar-refractivity contribution is 5.94. The van der Waals surface area contributed by atoms with Crippen molar-refractivity contribution in [2.45, 2.75) is 52.0 Å². The van der Waals surface area contributed by atoms with E-state index in [2.05, 4.69) is 31.2 Å². The van der Waals surface area contributed by atoms with Crippen molar-refractivity contribution in [3.8, 4) is 0 Å². The SMILES string of the molecule is Cc1ccc(CCC2CCN(C(=O)c3cccc(CN4CCCC4=O)c3)CC2)cc1. The monoisotopic (exact) mass is 404 g/mol. The van der Waals surface area contributed by atoms with Gasteiger partial charge in [-0.25, -0.2) is 0 Å². The second-order valence-corrected chi connectivity index (χ2v) is 8.88. The summed E-state index contributed by atoms with van der Waals surface area (Å²) in [5.41, 5.74) is 4.51. The van der Waals surface area contributed by atoms with E-state index in [4.69, 9.17) is 0 Å². The second-order valence-electron chi connectivity index (χ2n) is 8.88. The Kier molecular flexibility index (Phi) is 6.51. The van der Waals surface area contributed by atoms with Crippen LogP contribution in [0.2, 0.25) is 0 Å². The van der Waals surface area contributed by atoms with E-state index in [1.54, 1.807) is 0 Å². The van der Waals surface area contributed by atoms with Crippen LogP contribution in [-0.2, 0) is 17.8 Å². The van der Waals surface area contributed by atoms with Crippen molar-refractivity contribution < 1.29 is 9.59 Å². The molecule has 2 aromatic carbocycles. The van der Waals surface area contributed by atoms with E-state index in [1.165, 1.54) is 17.5 Å². The predicted octanol–water partition coefficient (Wildman–Crippen LogP) is 4.60. The molecule has 2 fully saturated rings. The van der Waals surface area contributed by atoms with Gasteiger partial charge < -0.3 is 9.80 Å². The summed E-state index contributed by atoms with van der Waals surface area (Å²) in [6.07, 6.45) is 6.08. The summed E-state index contributed by atoms with van der Waals surface area (Å²) in [7, 11) is 0. The van der Waals surface area contributed by atoms with Crippen LogP contribution >= 0.6 is 0 Å². The van der Waals surface area contributed by atoms with Crippen LogP contribution < -0.4 is 0 Å². The second kappa shape index (κ2) is 9.46. The Morgan fingerprint density at radius 3 is 2.47 bits per heavy atom. The van der Waals surface area contributed by atoms with Gasteiger partial charge in [-0.3, -0.25) is 9.59 Å². The van der Waals surface area contributed by atoms with Crippen molar-refractivity contribution in [2.75, 3.05) is 19.6 Å². The topological polar surface area (TPSA) is 40.6 Å². The molecule has 2 aliphatic rings. The number of carbonyl (C=O) groups is 2. The Balaban J connectivity index is 1.28. The van der Waals surface area contributed by atoms with Crippen LogP contribution in [-0.4, -0.2) is 41.2 Å². The van der Waals surface area contributed by atoms with Crippen LogP contribution in [0.5, 0.6) is 0 Å². The Labute approximate surface area is 179 Å². The van der Waals surface area contributed by atoms with Crippen LogP contribution in [0.4, 0.5) is 0 Å². The molecule has 4 nitrogen and oxygen atoms in total. The molecule has 0 atom stereocenters. The molecule has 158 valence electrons. The predicted molar refractivity (Wildman–Crippen MR) is 119 cm³/mol. The van der Waals surface area contributed by atoms with Crippen LogP contribution in [0.1, 0.15) is 59.2 Å². The Hall–Kier alpha value is -2.62. The molecule has 2 heterocycles. The molecule has 0 aromatic heterocycles. The van der Waals surface area contributed by atoms with Gasteiger partial charge in [0.1, 0.15) is 0 Å². The molecule has 2 aliphatic heterocycles. The molecule has 0 aliphatic carbocycles. The third-order valence-electron chi connectivity index (χ3n) is 6.58. The molecule has 0 N–H and O–H groups in total. The molecule has 0 unspecified atom stereocenters. The number of nitrogens with zero attached hydrogens (tertiary/aromatic N) is 2. The van der Waals surface area contributed by atoms with Crippen molar-refractivity contribution in [2.24, 2.45) is 5.92 Å². The van der Waals surface area contributed by atoms with Crippen molar-refractivity contribution in [3.63, 3.8) is 0 Å². The number of aryl methyl sites for hydroxylation is 2. The highest BCUT2D eigenvalue weighted by atomic mass is 16.2. The summed E-state index contributed by atoms with van der Waals surface area (Å²) in [5, 5.41) is 0. The number of likely N-dealkylation sites (tertiary alicyclic amines) is 2. The standard InChI is InChI=1S/C26H32N2O2/c1-20-7-9-21(10-8-20)11-12-22-13-16-27(17-14-22)26(30)24-5-2-4-23(18-24)19-28-15-3-6-25(28)29/h2,4-5,7-10,18,22H,3,6,11-17,19H2,1H3. The highest BCUT2D eigenvalue weighted by Crippen LogP contribution is 2.24. The van der Waals surface area contributed by atoms with E-state index in [0.717, 1.165) is 56.4 Å². The van der Waals surface area contributed by atoms with Crippen LogP contribution in [0.25, 0.3) is 0 Å². The molecule has 0 saturated carbocycles. The third-order valence-corrected chi connectivity index (χ3v) is 6.58. The Morgan fingerprint density at radius 2 is 1.77 bits per heavy atom. The van der Waals surface area contributed by atoms with Crippen molar-refractivity contribution in [1.29, 1.82) is 0 Å². The van der Waals surface area contributed by atoms with Gasteiger partial charge in [0.2, 0.25) is 5.91 Å². The normalized spacial score (nSPS) is 17.6. The van der Waals surface area contributed by atoms with E-state index in [-0.39, 0.29) is 11.8 Å². The first-order valence-electron chi connectivity index (χ1n) is 11.3. The van der Waals surface area contributed by atoms with Crippen molar-refractivity contribution >= 4 is 11.8 Å². The number of rotatable bonds is 6. The zero-order chi connectivity index (χ0) is 20.9. The minimum absolute atomic E-state index is 0.126. The first-order valence-corrected chi connectivity index (χ1v) is 11.3.